The molecule has 2 rings (SSSR count). The van der Waals surface area contributed by atoms with Crippen LogP contribution in [0, 0.1) is 6.92 Å². The van der Waals surface area contributed by atoms with Crippen molar-refractivity contribution in [2.75, 3.05) is 6.54 Å². The summed E-state index contributed by atoms with van der Waals surface area (Å²) < 4.78 is 0. The van der Waals surface area contributed by atoms with Crippen LogP contribution in [0.1, 0.15) is 44.0 Å². The lowest BCUT2D eigenvalue weighted by Crippen LogP contribution is -2.37. The number of carbonyl (C=O) groups excluding carboxylic acids is 1. The molecule has 1 atom stereocenters. The first kappa shape index (κ1) is 16.9. The van der Waals surface area contributed by atoms with Gasteiger partial charge in [0.05, 0.1) is 6.04 Å². The summed E-state index contributed by atoms with van der Waals surface area (Å²) in [6.45, 7) is 6.63. The zero-order valence-electron chi connectivity index (χ0n) is 13.8. The van der Waals surface area contributed by atoms with Gasteiger partial charge in [0.25, 0.3) is 0 Å². The van der Waals surface area contributed by atoms with Gasteiger partial charge in [0.15, 0.2) is 5.82 Å². The molecule has 0 fully saturated rings. The first-order valence-corrected chi connectivity index (χ1v) is 7.90. The number of aromatic nitrogens is 3. The Morgan fingerprint density at radius 1 is 1.30 bits per heavy atom. The van der Waals surface area contributed by atoms with Crippen LogP contribution in [0.25, 0.3) is 11.4 Å². The molecule has 6 nitrogen and oxygen atoms in total. The van der Waals surface area contributed by atoms with E-state index < -0.39 is 0 Å². The van der Waals surface area contributed by atoms with Crippen molar-refractivity contribution in [3.8, 4) is 11.4 Å². The molecule has 1 unspecified atom stereocenters. The Balaban J connectivity index is 2.04. The fourth-order valence-electron chi connectivity index (χ4n) is 2.25. The number of rotatable bonds is 6. The lowest BCUT2D eigenvalue weighted by Gasteiger charge is -2.16. The average Bonchev–Trinajstić information content (AvgIpc) is 2.55. The second kappa shape index (κ2) is 8.22. The van der Waals surface area contributed by atoms with Crippen molar-refractivity contribution >= 4 is 6.03 Å². The van der Waals surface area contributed by atoms with Crippen LogP contribution < -0.4 is 10.6 Å². The molecule has 6 heteroatoms. The maximum absolute atomic E-state index is 11.8. The number of carbonyl (C=O) groups is 1. The molecule has 0 aliphatic heterocycles. The summed E-state index contributed by atoms with van der Waals surface area (Å²) in [6.07, 6.45) is 7.23. The highest BCUT2D eigenvalue weighted by Crippen LogP contribution is 2.19. The minimum Gasteiger partial charge on any atom is -0.338 e. The SMILES string of the molecule is CCCCNC(=O)NC(C)c1cnc(-c2ccncc2)nc1C. The van der Waals surface area contributed by atoms with E-state index in [0.29, 0.717) is 12.4 Å². The molecule has 0 bridgehead atoms. The molecule has 2 N–H and O–H groups in total. The van der Waals surface area contributed by atoms with Crippen molar-refractivity contribution in [3.63, 3.8) is 0 Å². The normalized spacial score (nSPS) is 11.8. The molecule has 122 valence electrons. The number of nitrogens with one attached hydrogen (secondary N) is 2. The van der Waals surface area contributed by atoms with Crippen molar-refractivity contribution in [2.45, 2.75) is 39.7 Å². The molecular formula is C17H23N5O. The monoisotopic (exact) mass is 313 g/mol. The van der Waals surface area contributed by atoms with Crippen molar-refractivity contribution < 1.29 is 4.79 Å². The smallest absolute Gasteiger partial charge is 0.315 e. The molecule has 0 radical (unpaired) electrons. The van der Waals surface area contributed by atoms with Gasteiger partial charge in [-0.15, -0.1) is 0 Å². The first-order chi connectivity index (χ1) is 11.1. The van der Waals surface area contributed by atoms with Crippen molar-refractivity contribution in [1.82, 2.24) is 25.6 Å². The van der Waals surface area contributed by atoms with E-state index in [4.69, 9.17) is 0 Å². The minimum atomic E-state index is -0.163. The van der Waals surface area contributed by atoms with E-state index >= 15 is 0 Å². The third kappa shape index (κ3) is 4.74. The van der Waals surface area contributed by atoms with Gasteiger partial charge in [-0.05, 0) is 32.4 Å². The fourth-order valence-corrected chi connectivity index (χ4v) is 2.25. The number of urea groups is 1. The van der Waals surface area contributed by atoms with Crippen LogP contribution >= 0.6 is 0 Å². The van der Waals surface area contributed by atoms with Crippen LogP contribution in [0.2, 0.25) is 0 Å². The van der Waals surface area contributed by atoms with Gasteiger partial charge in [0.2, 0.25) is 0 Å². The summed E-state index contributed by atoms with van der Waals surface area (Å²) >= 11 is 0. The minimum absolute atomic E-state index is 0.150. The number of nitrogens with zero attached hydrogens (tertiary/aromatic N) is 3. The van der Waals surface area contributed by atoms with Gasteiger partial charge in [-0.25, -0.2) is 14.8 Å². The van der Waals surface area contributed by atoms with Gasteiger partial charge in [0, 0.05) is 42.0 Å². The van der Waals surface area contributed by atoms with E-state index in [1.807, 2.05) is 26.0 Å². The van der Waals surface area contributed by atoms with E-state index in [9.17, 15) is 4.79 Å². The number of pyridine rings is 1. The Morgan fingerprint density at radius 2 is 2.04 bits per heavy atom. The number of unbranched alkanes of at least 4 members (excludes halogenated alkanes) is 1. The van der Waals surface area contributed by atoms with E-state index in [1.165, 1.54) is 0 Å². The molecule has 2 aromatic rings. The van der Waals surface area contributed by atoms with Crippen molar-refractivity contribution in [1.29, 1.82) is 0 Å². The third-order valence-electron chi connectivity index (χ3n) is 3.59. The van der Waals surface area contributed by atoms with Gasteiger partial charge in [0.1, 0.15) is 0 Å². The Kier molecular flexibility index (Phi) is 6.02. The highest BCUT2D eigenvalue weighted by molar-refractivity contribution is 5.74. The summed E-state index contributed by atoms with van der Waals surface area (Å²) in [5.41, 5.74) is 2.69. The Morgan fingerprint density at radius 3 is 2.70 bits per heavy atom. The lowest BCUT2D eigenvalue weighted by atomic mass is 10.1. The van der Waals surface area contributed by atoms with Crippen LogP contribution in [0.4, 0.5) is 4.79 Å². The number of hydrogen-bond donors (Lipinski definition) is 2. The van der Waals surface area contributed by atoms with Crippen LogP contribution in [0.3, 0.4) is 0 Å². The highest BCUT2D eigenvalue weighted by Gasteiger charge is 2.14. The van der Waals surface area contributed by atoms with Crippen LogP contribution in [0.5, 0.6) is 0 Å². The Labute approximate surface area is 136 Å². The summed E-state index contributed by atoms with van der Waals surface area (Å²) in [6, 6.07) is 3.43. The number of amides is 2. The van der Waals surface area contributed by atoms with E-state index in [0.717, 1.165) is 29.7 Å². The second-order valence-electron chi connectivity index (χ2n) is 5.45. The summed E-state index contributed by atoms with van der Waals surface area (Å²) in [7, 11) is 0. The predicted octanol–water partition coefficient (Wildman–Crippen LogP) is 3.01. The molecule has 2 heterocycles. The Hall–Kier alpha value is -2.50. The maximum Gasteiger partial charge on any atom is 0.315 e. The molecule has 0 aliphatic rings. The number of aryl methyl sites for hydroxylation is 1. The third-order valence-corrected chi connectivity index (χ3v) is 3.59. The molecule has 2 aromatic heterocycles. The largest absolute Gasteiger partial charge is 0.338 e. The van der Waals surface area contributed by atoms with Crippen LogP contribution in [-0.4, -0.2) is 27.5 Å². The van der Waals surface area contributed by atoms with Crippen LogP contribution in [0.15, 0.2) is 30.7 Å². The summed E-state index contributed by atoms with van der Waals surface area (Å²) in [5, 5.41) is 5.76. The summed E-state index contributed by atoms with van der Waals surface area (Å²) in [4.78, 5) is 24.8. The maximum atomic E-state index is 11.8. The molecule has 0 spiro atoms. The van der Waals surface area contributed by atoms with Crippen molar-refractivity contribution in [2.24, 2.45) is 0 Å². The molecular weight excluding hydrogens is 290 g/mol. The van der Waals surface area contributed by atoms with Gasteiger partial charge in [-0.1, -0.05) is 13.3 Å². The van der Waals surface area contributed by atoms with Gasteiger partial charge < -0.3 is 10.6 Å². The molecule has 2 amide bonds. The average molecular weight is 313 g/mol. The molecule has 0 saturated heterocycles. The van der Waals surface area contributed by atoms with E-state index in [-0.39, 0.29) is 12.1 Å². The molecule has 0 saturated carbocycles. The molecule has 23 heavy (non-hydrogen) atoms. The quantitative estimate of drug-likeness (QED) is 0.803. The topological polar surface area (TPSA) is 79.8 Å². The van der Waals surface area contributed by atoms with Crippen molar-refractivity contribution in [3.05, 3.63) is 42.0 Å². The molecule has 0 aromatic carbocycles. The fraction of sp³-hybridized carbons (Fsp3) is 0.412. The van der Waals surface area contributed by atoms with Gasteiger partial charge >= 0.3 is 6.03 Å². The zero-order valence-corrected chi connectivity index (χ0v) is 13.8. The van der Waals surface area contributed by atoms with E-state index in [2.05, 4.69) is 32.5 Å². The lowest BCUT2D eigenvalue weighted by molar-refractivity contribution is 0.237. The Bertz CT molecular complexity index is 645. The standard InChI is InChI=1S/C17H23N5O/c1-4-5-8-19-17(23)22-13(3)15-11-20-16(21-12(15)2)14-6-9-18-10-7-14/h6-7,9-11,13H,4-5,8H2,1-3H3,(H2,19,22,23). The van der Waals surface area contributed by atoms with Gasteiger partial charge in [-0.3, -0.25) is 4.98 Å². The number of hydrogen-bond acceptors (Lipinski definition) is 4. The molecule has 0 aliphatic carbocycles. The van der Waals surface area contributed by atoms with E-state index in [1.54, 1.807) is 18.6 Å². The summed E-state index contributed by atoms with van der Waals surface area (Å²) in [5.74, 6) is 0.660. The van der Waals surface area contributed by atoms with Crippen LogP contribution in [-0.2, 0) is 0 Å². The van der Waals surface area contributed by atoms with Gasteiger partial charge in [-0.2, -0.15) is 0 Å². The predicted molar refractivity (Wildman–Crippen MR) is 89.9 cm³/mol. The first-order valence-electron chi connectivity index (χ1n) is 7.90. The zero-order chi connectivity index (χ0) is 16.7. The second-order valence-corrected chi connectivity index (χ2v) is 5.45. The highest BCUT2D eigenvalue weighted by atomic mass is 16.2.